The van der Waals surface area contributed by atoms with Crippen LogP contribution >= 0.6 is 0 Å². The van der Waals surface area contributed by atoms with E-state index >= 15 is 0 Å². The van der Waals surface area contributed by atoms with Crippen LogP contribution in [0.3, 0.4) is 0 Å². The Morgan fingerprint density at radius 2 is 1.50 bits per heavy atom. The van der Waals surface area contributed by atoms with Gasteiger partial charge in [0.05, 0.1) is 6.61 Å². The van der Waals surface area contributed by atoms with Crippen LogP contribution in [0.25, 0.3) is 0 Å². The number of aliphatic hydroxyl groups excluding tert-OH is 1. The Bertz CT molecular complexity index is 124. The zero-order valence-electron chi connectivity index (χ0n) is 9.73. The molecule has 0 saturated heterocycles. The largest absolute Gasteiger partial charge is 0.346 e. The fourth-order valence-electron chi connectivity index (χ4n) is 1.94. The highest BCUT2D eigenvalue weighted by molar-refractivity contribution is 4.66. The minimum absolute atomic E-state index is 0.424. The topological polar surface area (TPSA) is 49.7 Å². The molecular weight excluding hydrogens is 180 g/mol. The normalized spacial score (nSPS) is 12.4. The van der Waals surface area contributed by atoms with Gasteiger partial charge >= 0.3 is 0 Å². The quantitative estimate of drug-likeness (QED) is 0.492. The summed E-state index contributed by atoms with van der Waals surface area (Å²) in [6.07, 6.45) is 1.97. The van der Waals surface area contributed by atoms with Crippen LogP contribution in [0, 0.1) is 17.8 Å². The second-order valence-corrected chi connectivity index (χ2v) is 4.49. The van der Waals surface area contributed by atoms with E-state index in [0.717, 1.165) is 12.8 Å². The van der Waals surface area contributed by atoms with Gasteiger partial charge in [0, 0.05) is 0 Å². The fraction of sp³-hybridized carbons (Fsp3) is 1.00. The Hall–Kier alpha value is -0.120. The van der Waals surface area contributed by atoms with Gasteiger partial charge in [-0.3, -0.25) is 0 Å². The maximum absolute atomic E-state index is 8.47. The predicted molar refractivity (Wildman–Crippen MR) is 56.6 cm³/mol. The third-order valence-corrected chi connectivity index (χ3v) is 2.66. The van der Waals surface area contributed by atoms with Crippen molar-refractivity contribution in [2.75, 3.05) is 6.61 Å². The molecule has 0 aromatic heterocycles. The van der Waals surface area contributed by atoms with E-state index in [0.29, 0.717) is 24.4 Å². The molecule has 0 unspecified atom stereocenters. The van der Waals surface area contributed by atoms with Gasteiger partial charge in [0.2, 0.25) is 0 Å². The molecule has 0 aromatic carbocycles. The predicted octanol–water partition coefficient (Wildman–Crippen LogP) is 1.98. The lowest BCUT2D eigenvalue weighted by molar-refractivity contribution is -0.234. The third-order valence-electron chi connectivity index (χ3n) is 2.66. The van der Waals surface area contributed by atoms with Crippen molar-refractivity contribution < 1.29 is 14.9 Å². The zero-order chi connectivity index (χ0) is 11.1. The van der Waals surface area contributed by atoms with Gasteiger partial charge in [0.1, 0.15) is 0 Å². The van der Waals surface area contributed by atoms with Gasteiger partial charge in [-0.1, -0.05) is 27.7 Å². The molecule has 3 heteroatoms. The third kappa shape index (κ3) is 6.35. The molecular formula is C11H24O3. The monoisotopic (exact) mass is 204 g/mol. The average Bonchev–Trinajstić information content (AvgIpc) is 2.01. The summed E-state index contributed by atoms with van der Waals surface area (Å²) in [5.41, 5.74) is 0. The first-order chi connectivity index (χ1) is 6.45. The molecule has 86 valence electrons. The highest BCUT2D eigenvalue weighted by Gasteiger charge is 2.16. The number of hydrogen-bond acceptors (Lipinski definition) is 3. The van der Waals surface area contributed by atoms with Gasteiger partial charge in [-0.15, -0.1) is 0 Å². The summed E-state index contributed by atoms with van der Waals surface area (Å²) in [5, 5.41) is 16.9. The lowest BCUT2D eigenvalue weighted by Crippen LogP contribution is -2.17. The molecule has 0 aromatic rings. The number of aliphatic hydroxyl groups is 2. The van der Waals surface area contributed by atoms with Crippen LogP contribution in [0.15, 0.2) is 0 Å². The molecule has 14 heavy (non-hydrogen) atoms. The summed E-state index contributed by atoms with van der Waals surface area (Å²) in [5.74, 6) is 2.04. The van der Waals surface area contributed by atoms with E-state index in [2.05, 4.69) is 32.4 Å². The van der Waals surface area contributed by atoms with Crippen molar-refractivity contribution in [2.24, 2.45) is 17.8 Å². The summed E-state index contributed by atoms with van der Waals surface area (Å²) < 4.78 is 4.66. The van der Waals surface area contributed by atoms with Gasteiger partial charge in [-0.25, -0.2) is 0 Å². The first-order valence-corrected chi connectivity index (χ1v) is 5.43. The Balaban J connectivity index is 3.62. The standard InChI is InChI=1S/C11H24O3/c1-8(2)10(9(3)4)6-5-7-14-11(12)13/h8-13H,5-7H2,1-4H3. The SMILES string of the molecule is CC(C)C(CCCOC(O)O)C(C)C. The lowest BCUT2D eigenvalue weighted by Gasteiger charge is -2.24. The van der Waals surface area contributed by atoms with Crippen molar-refractivity contribution in [3.63, 3.8) is 0 Å². The first kappa shape index (κ1) is 13.9. The summed E-state index contributed by atoms with van der Waals surface area (Å²) in [7, 11) is 0. The van der Waals surface area contributed by atoms with Crippen LogP contribution in [-0.2, 0) is 4.74 Å². The van der Waals surface area contributed by atoms with E-state index in [1.165, 1.54) is 0 Å². The molecule has 3 nitrogen and oxygen atoms in total. The van der Waals surface area contributed by atoms with Crippen molar-refractivity contribution >= 4 is 0 Å². The molecule has 0 fully saturated rings. The van der Waals surface area contributed by atoms with Gasteiger partial charge in [0.15, 0.2) is 0 Å². The van der Waals surface area contributed by atoms with E-state index in [4.69, 9.17) is 10.2 Å². The van der Waals surface area contributed by atoms with E-state index in [1.54, 1.807) is 0 Å². The summed E-state index contributed by atoms with van der Waals surface area (Å²) >= 11 is 0. The van der Waals surface area contributed by atoms with E-state index in [1.807, 2.05) is 0 Å². The zero-order valence-corrected chi connectivity index (χ0v) is 9.73. The Labute approximate surface area is 87.1 Å². The molecule has 0 saturated carbocycles. The molecule has 0 heterocycles. The molecule has 0 bridgehead atoms. The van der Waals surface area contributed by atoms with Crippen molar-refractivity contribution in [3.8, 4) is 0 Å². The van der Waals surface area contributed by atoms with Crippen LogP contribution < -0.4 is 0 Å². The molecule has 2 N–H and O–H groups in total. The Morgan fingerprint density at radius 1 is 1.00 bits per heavy atom. The van der Waals surface area contributed by atoms with E-state index < -0.39 is 6.48 Å². The van der Waals surface area contributed by atoms with Gasteiger partial charge in [-0.05, 0) is 30.6 Å². The van der Waals surface area contributed by atoms with Crippen molar-refractivity contribution in [1.82, 2.24) is 0 Å². The second-order valence-electron chi connectivity index (χ2n) is 4.49. The molecule has 0 atom stereocenters. The maximum Gasteiger partial charge on any atom is 0.266 e. The minimum atomic E-state index is -1.62. The van der Waals surface area contributed by atoms with Gasteiger partial charge in [-0.2, -0.15) is 0 Å². The van der Waals surface area contributed by atoms with Crippen LogP contribution in [0.4, 0.5) is 0 Å². The van der Waals surface area contributed by atoms with Gasteiger partial charge < -0.3 is 14.9 Å². The summed E-state index contributed by atoms with van der Waals surface area (Å²) in [6.45, 7) is 7.72. The van der Waals surface area contributed by atoms with E-state index in [-0.39, 0.29) is 0 Å². The lowest BCUT2D eigenvalue weighted by atomic mass is 9.82. The van der Waals surface area contributed by atoms with Crippen molar-refractivity contribution in [3.05, 3.63) is 0 Å². The van der Waals surface area contributed by atoms with Gasteiger partial charge in [0.25, 0.3) is 6.48 Å². The molecule has 0 amide bonds. The van der Waals surface area contributed by atoms with Crippen molar-refractivity contribution in [1.29, 1.82) is 0 Å². The highest BCUT2D eigenvalue weighted by atomic mass is 16.7. The minimum Gasteiger partial charge on any atom is -0.346 e. The summed E-state index contributed by atoms with van der Waals surface area (Å²) in [6, 6.07) is 0. The molecule has 0 radical (unpaired) electrons. The van der Waals surface area contributed by atoms with Crippen molar-refractivity contribution in [2.45, 2.75) is 47.0 Å². The number of hydrogen-bond donors (Lipinski definition) is 2. The Kier molecular flexibility index (Phi) is 7.15. The number of ether oxygens (including phenoxy) is 1. The fourth-order valence-corrected chi connectivity index (χ4v) is 1.94. The first-order valence-electron chi connectivity index (χ1n) is 5.43. The Morgan fingerprint density at radius 3 is 1.86 bits per heavy atom. The summed E-state index contributed by atoms with van der Waals surface area (Å²) in [4.78, 5) is 0. The second kappa shape index (κ2) is 7.21. The maximum atomic E-state index is 8.47. The van der Waals surface area contributed by atoms with Crippen LogP contribution in [-0.4, -0.2) is 23.3 Å². The van der Waals surface area contributed by atoms with Crippen LogP contribution in [0.1, 0.15) is 40.5 Å². The molecule has 0 spiro atoms. The van der Waals surface area contributed by atoms with E-state index in [9.17, 15) is 0 Å². The molecule has 0 aliphatic carbocycles. The smallest absolute Gasteiger partial charge is 0.266 e. The number of rotatable bonds is 7. The molecule has 0 aliphatic rings. The molecule has 0 rings (SSSR count). The van der Waals surface area contributed by atoms with Crippen LogP contribution in [0.2, 0.25) is 0 Å². The molecule has 0 aliphatic heterocycles. The highest BCUT2D eigenvalue weighted by Crippen LogP contribution is 2.25. The van der Waals surface area contributed by atoms with Crippen LogP contribution in [0.5, 0.6) is 0 Å². The average molecular weight is 204 g/mol.